The van der Waals surface area contributed by atoms with E-state index in [1.54, 1.807) is 43.3 Å². The molecule has 0 atom stereocenters. The number of esters is 1. The smallest absolute Gasteiger partial charge is 0.338 e. The summed E-state index contributed by atoms with van der Waals surface area (Å²) in [6, 6.07) is 9.53. The summed E-state index contributed by atoms with van der Waals surface area (Å²) < 4.78 is 20.6. The van der Waals surface area contributed by atoms with Crippen molar-refractivity contribution in [2.75, 3.05) is 33.3 Å². The molecule has 138 valence electrons. The molecule has 2 rings (SSSR count). The Morgan fingerprint density at radius 2 is 1.46 bits per heavy atom. The number of benzene rings is 2. The van der Waals surface area contributed by atoms with Crippen molar-refractivity contribution in [3.8, 4) is 17.2 Å². The quantitative estimate of drug-likeness (QED) is 0.765. The average molecular weight is 359 g/mol. The van der Waals surface area contributed by atoms with Gasteiger partial charge in [-0.1, -0.05) is 0 Å². The van der Waals surface area contributed by atoms with Crippen LogP contribution in [0.1, 0.15) is 27.6 Å². The molecule has 0 saturated carbocycles. The van der Waals surface area contributed by atoms with Gasteiger partial charge in [0.15, 0.2) is 11.5 Å². The molecule has 0 aliphatic carbocycles. The van der Waals surface area contributed by atoms with E-state index in [0.29, 0.717) is 40.7 Å². The lowest BCUT2D eigenvalue weighted by molar-refractivity contribution is 0.0526. The molecule has 0 bridgehead atoms. The van der Waals surface area contributed by atoms with Gasteiger partial charge in [-0.25, -0.2) is 4.79 Å². The van der Waals surface area contributed by atoms with E-state index in [0.717, 1.165) is 0 Å². The number of carbonyl (C=O) groups is 2. The molecule has 2 aromatic rings. The Morgan fingerprint density at radius 1 is 0.885 bits per heavy atom. The lowest BCUT2D eigenvalue weighted by Crippen LogP contribution is -2.14. The summed E-state index contributed by atoms with van der Waals surface area (Å²) in [4.78, 5) is 24.3. The standard InChI is InChI=1S/C19H21NO6/c1-5-26-19(22)12-6-8-13(9-7-12)20-18(21)14-10-16(24-3)17(25-4)11-15(14)23-2/h6-11H,5H2,1-4H3,(H,20,21). The fraction of sp³-hybridized carbons (Fsp3) is 0.263. The Kier molecular flexibility index (Phi) is 6.43. The van der Waals surface area contributed by atoms with E-state index in [1.165, 1.54) is 21.3 Å². The molecule has 7 nitrogen and oxygen atoms in total. The summed E-state index contributed by atoms with van der Waals surface area (Å²) >= 11 is 0. The molecule has 2 aromatic carbocycles. The van der Waals surface area contributed by atoms with E-state index in [9.17, 15) is 9.59 Å². The molecule has 0 spiro atoms. The third-order valence-corrected chi connectivity index (χ3v) is 3.60. The molecule has 0 aliphatic heterocycles. The molecule has 0 saturated heterocycles. The number of methoxy groups -OCH3 is 3. The first-order chi connectivity index (χ1) is 12.5. The molecule has 0 aliphatic rings. The highest BCUT2D eigenvalue weighted by atomic mass is 16.5. The molecular weight excluding hydrogens is 338 g/mol. The predicted octanol–water partition coefficient (Wildman–Crippen LogP) is 3.14. The molecule has 0 radical (unpaired) electrons. The minimum atomic E-state index is -0.410. The molecule has 0 fully saturated rings. The highest BCUT2D eigenvalue weighted by Gasteiger charge is 2.18. The van der Waals surface area contributed by atoms with E-state index in [-0.39, 0.29) is 5.91 Å². The fourth-order valence-corrected chi connectivity index (χ4v) is 2.31. The molecule has 26 heavy (non-hydrogen) atoms. The van der Waals surface area contributed by atoms with Crippen molar-refractivity contribution < 1.29 is 28.5 Å². The second-order valence-electron chi connectivity index (χ2n) is 5.16. The zero-order chi connectivity index (χ0) is 19.1. The van der Waals surface area contributed by atoms with Crippen LogP contribution in [0, 0.1) is 0 Å². The first-order valence-electron chi connectivity index (χ1n) is 7.92. The second kappa shape index (κ2) is 8.75. The Labute approximate surface area is 151 Å². The predicted molar refractivity (Wildman–Crippen MR) is 96.4 cm³/mol. The fourth-order valence-electron chi connectivity index (χ4n) is 2.31. The second-order valence-corrected chi connectivity index (χ2v) is 5.16. The van der Waals surface area contributed by atoms with Crippen LogP contribution in [0.25, 0.3) is 0 Å². The monoisotopic (exact) mass is 359 g/mol. The lowest BCUT2D eigenvalue weighted by atomic mass is 10.1. The van der Waals surface area contributed by atoms with Crippen LogP contribution >= 0.6 is 0 Å². The molecule has 0 aromatic heterocycles. The lowest BCUT2D eigenvalue weighted by Gasteiger charge is -2.14. The molecular formula is C19H21NO6. The number of nitrogens with one attached hydrogen (secondary N) is 1. The van der Waals surface area contributed by atoms with Gasteiger partial charge in [-0.2, -0.15) is 0 Å². The van der Waals surface area contributed by atoms with E-state index in [1.807, 2.05) is 0 Å². The van der Waals surface area contributed by atoms with E-state index >= 15 is 0 Å². The van der Waals surface area contributed by atoms with Crippen molar-refractivity contribution in [2.24, 2.45) is 0 Å². The van der Waals surface area contributed by atoms with E-state index < -0.39 is 5.97 Å². The first-order valence-corrected chi connectivity index (χ1v) is 7.92. The van der Waals surface area contributed by atoms with Gasteiger partial charge in [0.25, 0.3) is 5.91 Å². The molecule has 1 amide bonds. The summed E-state index contributed by atoms with van der Waals surface area (Å²) in [6.07, 6.45) is 0. The number of carbonyl (C=O) groups excluding carboxylic acids is 2. The van der Waals surface area contributed by atoms with Gasteiger partial charge in [-0.05, 0) is 31.2 Å². The maximum absolute atomic E-state index is 12.6. The highest BCUT2D eigenvalue weighted by Crippen LogP contribution is 2.34. The van der Waals surface area contributed by atoms with Crippen molar-refractivity contribution in [1.29, 1.82) is 0 Å². The van der Waals surface area contributed by atoms with Gasteiger partial charge < -0.3 is 24.3 Å². The van der Waals surface area contributed by atoms with Gasteiger partial charge in [0, 0.05) is 17.8 Å². The van der Waals surface area contributed by atoms with Crippen molar-refractivity contribution in [3.05, 3.63) is 47.5 Å². The van der Waals surface area contributed by atoms with Gasteiger partial charge >= 0.3 is 5.97 Å². The minimum Gasteiger partial charge on any atom is -0.496 e. The van der Waals surface area contributed by atoms with Gasteiger partial charge in [-0.15, -0.1) is 0 Å². The van der Waals surface area contributed by atoms with Crippen LogP contribution in [0.5, 0.6) is 17.2 Å². The summed E-state index contributed by atoms with van der Waals surface area (Å²) in [6.45, 7) is 2.04. The van der Waals surface area contributed by atoms with Crippen LogP contribution in [0.2, 0.25) is 0 Å². The third-order valence-electron chi connectivity index (χ3n) is 3.60. The maximum Gasteiger partial charge on any atom is 0.338 e. The summed E-state index contributed by atoms with van der Waals surface area (Å²) in [5.74, 6) is 0.428. The topological polar surface area (TPSA) is 83.1 Å². The van der Waals surface area contributed by atoms with E-state index in [4.69, 9.17) is 18.9 Å². The maximum atomic E-state index is 12.6. The molecule has 0 heterocycles. The van der Waals surface area contributed by atoms with Crippen LogP contribution in [-0.4, -0.2) is 39.8 Å². The summed E-state index contributed by atoms with van der Waals surface area (Å²) in [7, 11) is 4.45. The van der Waals surface area contributed by atoms with Gasteiger partial charge in [0.05, 0.1) is 39.1 Å². The first kappa shape index (κ1) is 19.1. The third kappa shape index (κ3) is 4.24. The number of anilines is 1. The van der Waals surface area contributed by atoms with Crippen LogP contribution in [0.4, 0.5) is 5.69 Å². The molecule has 0 unspecified atom stereocenters. The normalized spacial score (nSPS) is 10.0. The molecule has 7 heteroatoms. The summed E-state index contributed by atoms with van der Waals surface area (Å²) in [5, 5.41) is 2.75. The Bertz CT molecular complexity index is 785. The van der Waals surface area contributed by atoms with Crippen molar-refractivity contribution in [1.82, 2.24) is 0 Å². The van der Waals surface area contributed by atoms with Crippen molar-refractivity contribution in [2.45, 2.75) is 6.92 Å². The van der Waals surface area contributed by atoms with Crippen LogP contribution in [-0.2, 0) is 4.74 Å². The van der Waals surface area contributed by atoms with Crippen molar-refractivity contribution >= 4 is 17.6 Å². The van der Waals surface area contributed by atoms with Crippen LogP contribution < -0.4 is 19.5 Å². The SMILES string of the molecule is CCOC(=O)c1ccc(NC(=O)c2cc(OC)c(OC)cc2OC)cc1. The number of amides is 1. The number of ether oxygens (including phenoxy) is 4. The summed E-state index contributed by atoms with van der Waals surface area (Å²) in [5.41, 5.74) is 1.23. The zero-order valence-electron chi connectivity index (χ0n) is 15.1. The molecule has 1 N–H and O–H groups in total. The average Bonchev–Trinajstić information content (AvgIpc) is 2.67. The van der Waals surface area contributed by atoms with E-state index in [2.05, 4.69) is 5.32 Å². The Morgan fingerprint density at radius 3 is 2.00 bits per heavy atom. The minimum absolute atomic E-state index is 0.291. The Hall–Kier alpha value is -3.22. The number of rotatable bonds is 7. The Balaban J connectivity index is 2.23. The van der Waals surface area contributed by atoms with Crippen LogP contribution in [0.3, 0.4) is 0 Å². The highest BCUT2D eigenvalue weighted by molar-refractivity contribution is 6.07. The van der Waals surface area contributed by atoms with Gasteiger partial charge in [-0.3, -0.25) is 4.79 Å². The number of hydrogen-bond acceptors (Lipinski definition) is 6. The van der Waals surface area contributed by atoms with Gasteiger partial charge in [0.2, 0.25) is 0 Å². The largest absolute Gasteiger partial charge is 0.496 e. The number of hydrogen-bond donors (Lipinski definition) is 1. The van der Waals surface area contributed by atoms with Crippen LogP contribution in [0.15, 0.2) is 36.4 Å². The van der Waals surface area contributed by atoms with Gasteiger partial charge in [0.1, 0.15) is 5.75 Å². The zero-order valence-corrected chi connectivity index (χ0v) is 15.1. The van der Waals surface area contributed by atoms with Crippen molar-refractivity contribution in [3.63, 3.8) is 0 Å².